The van der Waals surface area contributed by atoms with Gasteiger partial charge in [-0.2, -0.15) is 0 Å². The molecule has 0 saturated heterocycles. The van der Waals surface area contributed by atoms with E-state index in [1.807, 2.05) is 0 Å². The number of hydrogen-bond donors (Lipinski definition) is 3. The molecular weight excluding hydrogens is 268 g/mol. The van der Waals surface area contributed by atoms with E-state index >= 15 is 0 Å². The molecule has 0 heterocycles. The van der Waals surface area contributed by atoms with Crippen LogP contribution in [0.1, 0.15) is 11.1 Å². The minimum atomic E-state index is -0.249. The minimum absolute atomic E-state index is 0.0719. The highest BCUT2D eigenvalue weighted by Crippen LogP contribution is 2.21. The van der Waals surface area contributed by atoms with Crippen molar-refractivity contribution in [2.45, 2.75) is 0 Å². The van der Waals surface area contributed by atoms with Gasteiger partial charge in [0.15, 0.2) is 5.78 Å². The minimum Gasteiger partial charge on any atom is -0.508 e. The van der Waals surface area contributed by atoms with Gasteiger partial charge in [-0.25, -0.2) is 0 Å². The molecular formula is C17H14O4. The van der Waals surface area contributed by atoms with Gasteiger partial charge < -0.3 is 15.3 Å². The zero-order valence-corrected chi connectivity index (χ0v) is 11.1. The zero-order chi connectivity index (χ0) is 15.2. The van der Waals surface area contributed by atoms with Crippen molar-refractivity contribution in [2.75, 3.05) is 0 Å². The van der Waals surface area contributed by atoms with Gasteiger partial charge in [-0.05, 0) is 47.5 Å². The standard InChI is InChI=1S/C17H14O4/c18-14(6-4-12-2-1-3-15(19)8-12)7-5-13-9-16(20)11-17(21)10-13/h1-11,19-21H. The van der Waals surface area contributed by atoms with Crippen molar-refractivity contribution >= 4 is 17.9 Å². The summed E-state index contributed by atoms with van der Waals surface area (Å²) in [4.78, 5) is 11.7. The van der Waals surface area contributed by atoms with Crippen LogP contribution in [0.15, 0.2) is 54.6 Å². The van der Waals surface area contributed by atoms with E-state index in [4.69, 9.17) is 0 Å². The van der Waals surface area contributed by atoms with E-state index < -0.39 is 0 Å². The lowest BCUT2D eigenvalue weighted by atomic mass is 10.1. The monoisotopic (exact) mass is 282 g/mol. The molecule has 0 amide bonds. The average Bonchev–Trinajstić information content (AvgIpc) is 2.42. The summed E-state index contributed by atoms with van der Waals surface area (Å²) in [6.45, 7) is 0. The van der Waals surface area contributed by atoms with Gasteiger partial charge in [-0.3, -0.25) is 4.79 Å². The molecule has 0 atom stereocenters. The Bertz CT molecular complexity index is 694. The Balaban J connectivity index is 2.05. The SMILES string of the molecule is O=C(C=Cc1cccc(O)c1)C=Cc1cc(O)cc(O)c1. The van der Waals surface area contributed by atoms with Crippen LogP contribution in [0.3, 0.4) is 0 Å². The molecule has 0 bridgehead atoms. The van der Waals surface area contributed by atoms with Crippen molar-refractivity contribution < 1.29 is 20.1 Å². The summed E-state index contributed by atoms with van der Waals surface area (Å²) in [5.74, 6) is -0.258. The molecule has 106 valence electrons. The van der Waals surface area contributed by atoms with Gasteiger partial charge in [0.2, 0.25) is 0 Å². The number of aromatic hydroxyl groups is 3. The van der Waals surface area contributed by atoms with Crippen LogP contribution in [0.4, 0.5) is 0 Å². The molecule has 0 aliphatic carbocycles. The molecule has 0 aliphatic heterocycles. The molecule has 4 heteroatoms. The first kappa shape index (κ1) is 14.4. The summed E-state index contributed by atoms with van der Waals surface area (Å²) in [5.41, 5.74) is 1.23. The number of ketones is 1. The zero-order valence-electron chi connectivity index (χ0n) is 11.1. The lowest BCUT2D eigenvalue weighted by Crippen LogP contribution is -1.85. The summed E-state index contributed by atoms with van der Waals surface area (Å²) in [5, 5.41) is 27.9. The third-order valence-corrected chi connectivity index (χ3v) is 2.68. The van der Waals surface area contributed by atoms with Crippen molar-refractivity contribution in [2.24, 2.45) is 0 Å². The lowest BCUT2D eigenvalue weighted by Gasteiger charge is -1.97. The molecule has 2 aromatic rings. The molecule has 3 N–H and O–H groups in total. The van der Waals surface area contributed by atoms with Crippen molar-refractivity contribution in [1.29, 1.82) is 0 Å². The summed E-state index contributed by atoms with van der Waals surface area (Å²) >= 11 is 0. The van der Waals surface area contributed by atoms with Crippen LogP contribution >= 0.6 is 0 Å². The second-order valence-corrected chi connectivity index (χ2v) is 4.45. The molecule has 0 fully saturated rings. The highest BCUT2D eigenvalue weighted by molar-refractivity contribution is 6.04. The molecule has 0 radical (unpaired) electrons. The Hall–Kier alpha value is -3.01. The number of phenolic OH excluding ortho intramolecular Hbond substituents is 3. The van der Waals surface area contributed by atoms with Crippen LogP contribution in [0.25, 0.3) is 12.2 Å². The highest BCUT2D eigenvalue weighted by Gasteiger charge is 1.97. The summed E-state index contributed by atoms with van der Waals surface area (Å²) in [6.07, 6.45) is 5.78. The normalized spacial score (nSPS) is 11.2. The molecule has 0 aromatic heterocycles. The number of benzene rings is 2. The van der Waals surface area contributed by atoms with Gasteiger partial charge in [0.1, 0.15) is 17.2 Å². The Morgan fingerprint density at radius 2 is 1.33 bits per heavy atom. The second-order valence-electron chi connectivity index (χ2n) is 4.45. The molecule has 2 rings (SSSR count). The van der Waals surface area contributed by atoms with Crippen LogP contribution in [0, 0.1) is 0 Å². The van der Waals surface area contributed by atoms with Gasteiger partial charge >= 0.3 is 0 Å². The van der Waals surface area contributed by atoms with Gasteiger partial charge in [0, 0.05) is 6.07 Å². The molecule has 4 nitrogen and oxygen atoms in total. The summed E-state index contributed by atoms with van der Waals surface area (Å²) in [6, 6.07) is 10.6. The van der Waals surface area contributed by atoms with Crippen molar-refractivity contribution in [3.05, 3.63) is 65.7 Å². The maximum Gasteiger partial charge on any atom is 0.178 e. The Kier molecular flexibility index (Phi) is 4.41. The molecule has 0 unspecified atom stereocenters. The number of carbonyl (C=O) groups excluding carboxylic acids is 1. The van der Waals surface area contributed by atoms with Crippen molar-refractivity contribution in [3.63, 3.8) is 0 Å². The number of carbonyl (C=O) groups is 1. The first-order valence-electron chi connectivity index (χ1n) is 6.25. The van der Waals surface area contributed by atoms with E-state index in [9.17, 15) is 20.1 Å². The molecule has 2 aromatic carbocycles. The summed E-state index contributed by atoms with van der Waals surface area (Å²) < 4.78 is 0. The maximum atomic E-state index is 11.7. The smallest absolute Gasteiger partial charge is 0.178 e. The van der Waals surface area contributed by atoms with Crippen molar-refractivity contribution in [1.82, 2.24) is 0 Å². The van der Waals surface area contributed by atoms with Crippen LogP contribution in [0.5, 0.6) is 17.2 Å². The molecule has 0 saturated carbocycles. The fourth-order valence-corrected chi connectivity index (χ4v) is 1.76. The quantitative estimate of drug-likeness (QED) is 0.753. The van der Waals surface area contributed by atoms with E-state index in [1.54, 1.807) is 30.3 Å². The highest BCUT2D eigenvalue weighted by atomic mass is 16.3. The van der Waals surface area contributed by atoms with E-state index in [2.05, 4.69) is 0 Å². The van der Waals surface area contributed by atoms with Gasteiger partial charge in [0.25, 0.3) is 0 Å². The first-order valence-corrected chi connectivity index (χ1v) is 6.25. The Morgan fingerprint density at radius 3 is 1.95 bits per heavy atom. The number of hydrogen-bond acceptors (Lipinski definition) is 4. The third-order valence-electron chi connectivity index (χ3n) is 2.68. The Morgan fingerprint density at radius 1 is 0.762 bits per heavy atom. The molecule has 0 spiro atoms. The second kappa shape index (κ2) is 6.43. The summed E-state index contributed by atoms with van der Waals surface area (Å²) in [7, 11) is 0. The van der Waals surface area contributed by atoms with E-state index in [1.165, 1.54) is 36.4 Å². The molecule has 21 heavy (non-hydrogen) atoms. The van der Waals surface area contributed by atoms with Gasteiger partial charge in [-0.1, -0.05) is 24.3 Å². The predicted molar refractivity (Wildman–Crippen MR) is 81.0 cm³/mol. The lowest BCUT2D eigenvalue weighted by molar-refractivity contribution is -0.110. The van der Waals surface area contributed by atoms with Crippen LogP contribution in [-0.2, 0) is 4.79 Å². The number of phenols is 3. The largest absolute Gasteiger partial charge is 0.508 e. The maximum absolute atomic E-state index is 11.7. The van der Waals surface area contributed by atoms with E-state index in [0.717, 1.165) is 0 Å². The van der Waals surface area contributed by atoms with Crippen molar-refractivity contribution in [3.8, 4) is 17.2 Å². The topological polar surface area (TPSA) is 77.8 Å². The first-order chi connectivity index (χ1) is 10.0. The van der Waals surface area contributed by atoms with E-state index in [-0.39, 0.29) is 23.0 Å². The van der Waals surface area contributed by atoms with Crippen LogP contribution < -0.4 is 0 Å². The average molecular weight is 282 g/mol. The number of rotatable bonds is 4. The van der Waals surface area contributed by atoms with Crippen LogP contribution in [-0.4, -0.2) is 21.1 Å². The van der Waals surface area contributed by atoms with Gasteiger partial charge in [-0.15, -0.1) is 0 Å². The third kappa shape index (κ3) is 4.54. The fourth-order valence-electron chi connectivity index (χ4n) is 1.76. The number of allylic oxidation sites excluding steroid dienone is 2. The van der Waals surface area contributed by atoms with E-state index in [0.29, 0.717) is 11.1 Å². The van der Waals surface area contributed by atoms with Crippen LogP contribution in [0.2, 0.25) is 0 Å². The Labute approximate surface area is 121 Å². The predicted octanol–water partition coefficient (Wildman–Crippen LogP) is 3.10. The van der Waals surface area contributed by atoms with Gasteiger partial charge in [0.05, 0.1) is 0 Å². The fraction of sp³-hybridized carbons (Fsp3) is 0. The molecule has 0 aliphatic rings.